The molecule has 7 heteroatoms. The van der Waals surface area contributed by atoms with E-state index in [1.807, 2.05) is 6.92 Å². The molecular weight excluding hydrogens is 260 g/mol. The number of phenolic OH excluding ortho intramolecular Hbond substituents is 2. The van der Waals surface area contributed by atoms with Crippen molar-refractivity contribution in [1.29, 1.82) is 0 Å². The second-order valence-corrected chi connectivity index (χ2v) is 4.18. The van der Waals surface area contributed by atoms with Crippen molar-refractivity contribution in [2.45, 2.75) is 13.3 Å². The molecule has 0 spiro atoms. The molecule has 0 bridgehead atoms. The minimum atomic E-state index is -0.0475. The van der Waals surface area contributed by atoms with E-state index in [1.165, 1.54) is 23.0 Å². The van der Waals surface area contributed by atoms with Gasteiger partial charge in [-0.2, -0.15) is 4.98 Å². The Morgan fingerprint density at radius 2 is 2.00 bits per heavy atom. The molecular formula is C13H12N4O3. The number of benzene rings is 1. The van der Waals surface area contributed by atoms with Crippen LogP contribution in [0.15, 0.2) is 35.2 Å². The van der Waals surface area contributed by atoms with Gasteiger partial charge in [-0.3, -0.25) is 4.57 Å². The molecule has 1 aromatic carbocycles. The number of aromatic hydroxyl groups is 2. The van der Waals surface area contributed by atoms with Gasteiger partial charge in [-0.1, -0.05) is 18.1 Å². The highest BCUT2D eigenvalue weighted by Gasteiger charge is 2.14. The van der Waals surface area contributed by atoms with Crippen molar-refractivity contribution in [2.75, 3.05) is 0 Å². The average Bonchev–Trinajstić information content (AvgIpc) is 3.06. The van der Waals surface area contributed by atoms with Crippen LogP contribution in [0.5, 0.6) is 11.5 Å². The average molecular weight is 272 g/mol. The zero-order valence-electron chi connectivity index (χ0n) is 10.7. The van der Waals surface area contributed by atoms with Crippen molar-refractivity contribution in [3.63, 3.8) is 0 Å². The SMILES string of the molecule is CCc1noc(-c2cn(-c3c(O)cccc3O)cn2)n1. The minimum Gasteiger partial charge on any atom is -0.506 e. The lowest BCUT2D eigenvalue weighted by Gasteiger charge is -2.06. The van der Waals surface area contributed by atoms with Crippen molar-refractivity contribution in [3.05, 3.63) is 36.5 Å². The molecule has 0 saturated heterocycles. The summed E-state index contributed by atoms with van der Waals surface area (Å²) >= 11 is 0. The van der Waals surface area contributed by atoms with Gasteiger partial charge in [0.05, 0.1) is 0 Å². The predicted octanol–water partition coefficient (Wildman–Crippen LogP) is 1.90. The molecule has 0 atom stereocenters. The normalized spacial score (nSPS) is 10.8. The zero-order chi connectivity index (χ0) is 14.1. The van der Waals surface area contributed by atoms with Gasteiger partial charge in [0.2, 0.25) is 0 Å². The maximum atomic E-state index is 9.81. The molecule has 3 aromatic rings. The molecule has 0 amide bonds. The number of rotatable bonds is 3. The fourth-order valence-electron chi connectivity index (χ4n) is 1.84. The molecule has 0 aliphatic rings. The first-order valence-corrected chi connectivity index (χ1v) is 6.07. The fourth-order valence-corrected chi connectivity index (χ4v) is 1.84. The number of hydrogen-bond acceptors (Lipinski definition) is 6. The van der Waals surface area contributed by atoms with E-state index in [0.29, 0.717) is 23.8 Å². The van der Waals surface area contributed by atoms with E-state index in [1.54, 1.807) is 12.3 Å². The molecule has 20 heavy (non-hydrogen) atoms. The lowest BCUT2D eigenvalue weighted by molar-refractivity contribution is 0.422. The van der Waals surface area contributed by atoms with E-state index in [4.69, 9.17) is 4.52 Å². The number of para-hydroxylation sites is 1. The van der Waals surface area contributed by atoms with Crippen molar-refractivity contribution in [1.82, 2.24) is 19.7 Å². The highest BCUT2D eigenvalue weighted by molar-refractivity contribution is 5.57. The summed E-state index contributed by atoms with van der Waals surface area (Å²) in [5.74, 6) is 0.804. The molecule has 2 N–H and O–H groups in total. The molecule has 0 unspecified atom stereocenters. The molecule has 0 fully saturated rings. The largest absolute Gasteiger partial charge is 0.506 e. The van der Waals surface area contributed by atoms with Crippen LogP contribution in [0.25, 0.3) is 17.3 Å². The van der Waals surface area contributed by atoms with Crippen LogP contribution in [-0.4, -0.2) is 29.9 Å². The summed E-state index contributed by atoms with van der Waals surface area (Å²) in [6.45, 7) is 1.92. The van der Waals surface area contributed by atoms with Crippen LogP contribution in [0.4, 0.5) is 0 Å². The standard InChI is InChI=1S/C13H12N4O3/c1-2-11-15-13(20-16-11)8-6-17(7-14-8)12-9(18)4-3-5-10(12)19/h3-7,18-19H,2H2,1H3. The van der Waals surface area contributed by atoms with Crippen molar-refractivity contribution in [3.8, 4) is 28.8 Å². The Bertz CT molecular complexity index is 727. The second kappa shape index (κ2) is 4.69. The third-order valence-corrected chi connectivity index (χ3v) is 2.84. The van der Waals surface area contributed by atoms with E-state index in [0.717, 1.165) is 0 Å². The van der Waals surface area contributed by atoms with Gasteiger partial charge in [0.15, 0.2) is 5.82 Å². The quantitative estimate of drug-likeness (QED) is 0.755. The second-order valence-electron chi connectivity index (χ2n) is 4.18. The summed E-state index contributed by atoms with van der Waals surface area (Å²) in [5, 5.41) is 23.4. The van der Waals surface area contributed by atoms with Gasteiger partial charge in [0.1, 0.15) is 29.2 Å². The summed E-state index contributed by atoms with van der Waals surface area (Å²) in [5.41, 5.74) is 0.723. The van der Waals surface area contributed by atoms with Gasteiger partial charge in [-0.15, -0.1) is 0 Å². The van der Waals surface area contributed by atoms with Crippen molar-refractivity contribution < 1.29 is 14.7 Å². The number of imidazole rings is 1. The van der Waals surface area contributed by atoms with E-state index < -0.39 is 0 Å². The van der Waals surface area contributed by atoms with E-state index in [2.05, 4.69) is 15.1 Å². The number of hydrogen-bond donors (Lipinski definition) is 2. The first-order chi connectivity index (χ1) is 9.69. The summed E-state index contributed by atoms with van der Waals surface area (Å²) in [6.07, 6.45) is 3.73. The highest BCUT2D eigenvalue weighted by atomic mass is 16.5. The number of aryl methyl sites for hydroxylation is 1. The Balaban J connectivity index is 2.02. The van der Waals surface area contributed by atoms with E-state index >= 15 is 0 Å². The molecule has 3 rings (SSSR count). The Kier molecular flexibility index (Phi) is 2.86. The van der Waals surface area contributed by atoms with Crippen LogP contribution < -0.4 is 0 Å². The van der Waals surface area contributed by atoms with Gasteiger partial charge in [0.25, 0.3) is 5.89 Å². The van der Waals surface area contributed by atoms with Crippen LogP contribution in [0, 0.1) is 0 Å². The summed E-state index contributed by atoms with van der Waals surface area (Å²) in [4.78, 5) is 8.31. The van der Waals surface area contributed by atoms with E-state index in [9.17, 15) is 10.2 Å². The highest BCUT2D eigenvalue weighted by Crippen LogP contribution is 2.31. The topological polar surface area (TPSA) is 97.2 Å². The van der Waals surface area contributed by atoms with Gasteiger partial charge in [0, 0.05) is 12.6 Å². The van der Waals surface area contributed by atoms with Crippen LogP contribution in [0.3, 0.4) is 0 Å². The first kappa shape index (κ1) is 12.2. The van der Waals surface area contributed by atoms with Crippen molar-refractivity contribution in [2.24, 2.45) is 0 Å². The molecule has 0 aliphatic carbocycles. The van der Waals surface area contributed by atoms with Crippen LogP contribution in [-0.2, 0) is 6.42 Å². The molecule has 2 aromatic heterocycles. The first-order valence-electron chi connectivity index (χ1n) is 6.07. The van der Waals surface area contributed by atoms with Crippen LogP contribution >= 0.6 is 0 Å². The monoisotopic (exact) mass is 272 g/mol. The lowest BCUT2D eigenvalue weighted by atomic mass is 10.2. The predicted molar refractivity (Wildman–Crippen MR) is 69.6 cm³/mol. The van der Waals surface area contributed by atoms with Gasteiger partial charge >= 0.3 is 0 Å². The third kappa shape index (κ3) is 1.99. The summed E-state index contributed by atoms with van der Waals surface area (Å²) in [6, 6.07) is 4.52. The molecule has 0 saturated carbocycles. The third-order valence-electron chi connectivity index (χ3n) is 2.84. The molecule has 102 valence electrons. The number of nitrogens with zero attached hydrogens (tertiary/aromatic N) is 4. The smallest absolute Gasteiger partial charge is 0.278 e. The molecule has 7 nitrogen and oxygen atoms in total. The minimum absolute atomic E-state index is 0.0475. The molecule has 0 radical (unpaired) electrons. The Morgan fingerprint density at radius 3 is 2.65 bits per heavy atom. The number of aromatic nitrogens is 4. The van der Waals surface area contributed by atoms with Crippen LogP contribution in [0.1, 0.15) is 12.7 Å². The molecule has 0 aliphatic heterocycles. The van der Waals surface area contributed by atoms with E-state index in [-0.39, 0.29) is 17.2 Å². The molecule has 2 heterocycles. The fraction of sp³-hybridized carbons (Fsp3) is 0.154. The van der Waals surface area contributed by atoms with Gasteiger partial charge in [-0.25, -0.2) is 4.98 Å². The summed E-state index contributed by atoms with van der Waals surface area (Å²) < 4.78 is 6.59. The Labute approximate surface area is 114 Å². The van der Waals surface area contributed by atoms with Gasteiger partial charge in [-0.05, 0) is 12.1 Å². The lowest BCUT2D eigenvalue weighted by Crippen LogP contribution is -1.91. The van der Waals surface area contributed by atoms with Gasteiger partial charge < -0.3 is 14.7 Å². The number of phenols is 2. The van der Waals surface area contributed by atoms with Crippen LogP contribution in [0.2, 0.25) is 0 Å². The van der Waals surface area contributed by atoms with Crippen molar-refractivity contribution >= 4 is 0 Å². The Morgan fingerprint density at radius 1 is 1.25 bits per heavy atom. The summed E-state index contributed by atoms with van der Waals surface area (Å²) in [7, 11) is 0. The maximum absolute atomic E-state index is 9.81. The zero-order valence-corrected chi connectivity index (χ0v) is 10.7. The Hall–Kier alpha value is -2.83. The maximum Gasteiger partial charge on any atom is 0.278 e.